The number of carbonyl (C=O) groups is 2. The van der Waals surface area contributed by atoms with Crippen LogP contribution in [0.4, 0.5) is 4.79 Å². The summed E-state index contributed by atoms with van der Waals surface area (Å²) in [6.45, 7) is 3.63. The van der Waals surface area contributed by atoms with E-state index in [-0.39, 0.29) is 17.0 Å². The van der Waals surface area contributed by atoms with Crippen molar-refractivity contribution in [2.75, 3.05) is 7.11 Å². The third kappa shape index (κ3) is 8.72. The molecule has 0 saturated heterocycles. The van der Waals surface area contributed by atoms with Crippen LogP contribution in [-0.2, 0) is 6.42 Å². The van der Waals surface area contributed by atoms with Gasteiger partial charge in [-0.1, -0.05) is 96.1 Å². The molecule has 0 amide bonds. The van der Waals surface area contributed by atoms with Crippen LogP contribution in [0.3, 0.4) is 0 Å². The van der Waals surface area contributed by atoms with Gasteiger partial charge in [0.2, 0.25) is 0 Å². The number of aryl methyl sites for hydroxylation is 2. The van der Waals surface area contributed by atoms with Crippen molar-refractivity contribution >= 4 is 12.1 Å². The number of hydrogen-bond acceptors (Lipinski definition) is 5. The van der Waals surface area contributed by atoms with E-state index in [0.29, 0.717) is 22.3 Å². The Morgan fingerprint density at radius 1 is 0.892 bits per heavy atom. The molecule has 0 atom stereocenters. The van der Waals surface area contributed by atoms with Crippen molar-refractivity contribution in [1.82, 2.24) is 9.55 Å². The second-order valence-electron chi connectivity index (χ2n) is 9.61. The standard InChI is InChI=1S/C29H42N2O6/c1-4-5-6-7-8-9-10-11-12-13-14-15-16-18-22-19-17-20-23(37-3)25(22)26-24(27(32)33)21(2)30-28(34)31(26)29(35)36/h17,19-20H,4-16,18H2,1-3H3,(H,32,33)(H,35,36). The van der Waals surface area contributed by atoms with Crippen LogP contribution in [0.2, 0.25) is 0 Å². The minimum atomic E-state index is -1.59. The first-order valence-electron chi connectivity index (χ1n) is 13.6. The van der Waals surface area contributed by atoms with E-state index >= 15 is 0 Å². The quantitative estimate of drug-likeness (QED) is 0.216. The van der Waals surface area contributed by atoms with Gasteiger partial charge in [0.25, 0.3) is 0 Å². The highest BCUT2D eigenvalue weighted by atomic mass is 16.5. The van der Waals surface area contributed by atoms with E-state index in [9.17, 15) is 24.6 Å². The molecule has 1 heterocycles. The van der Waals surface area contributed by atoms with E-state index in [2.05, 4.69) is 11.9 Å². The summed E-state index contributed by atoms with van der Waals surface area (Å²) in [4.78, 5) is 40.2. The van der Waals surface area contributed by atoms with Gasteiger partial charge in [-0.3, -0.25) is 0 Å². The smallest absolute Gasteiger partial charge is 0.420 e. The molecule has 0 aliphatic heterocycles. The number of benzene rings is 1. The SMILES string of the molecule is CCCCCCCCCCCCCCCc1cccc(OC)c1-c1c(C(=O)O)c(C)nc(=O)n1C(=O)O. The fourth-order valence-corrected chi connectivity index (χ4v) is 4.86. The monoisotopic (exact) mass is 514 g/mol. The lowest BCUT2D eigenvalue weighted by Crippen LogP contribution is -2.33. The van der Waals surface area contributed by atoms with Gasteiger partial charge in [0.15, 0.2) is 0 Å². The van der Waals surface area contributed by atoms with Crippen molar-refractivity contribution in [1.29, 1.82) is 0 Å². The molecule has 0 unspecified atom stereocenters. The third-order valence-corrected chi connectivity index (χ3v) is 6.80. The Kier molecular flexibility index (Phi) is 12.9. The summed E-state index contributed by atoms with van der Waals surface area (Å²) in [6.07, 6.45) is 15.0. The van der Waals surface area contributed by atoms with Gasteiger partial charge in [0, 0.05) is 5.56 Å². The Morgan fingerprint density at radius 2 is 1.43 bits per heavy atom. The number of carboxylic acid groups (broad SMARTS) is 2. The van der Waals surface area contributed by atoms with Crippen molar-refractivity contribution in [2.45, 2.75) is 104 Å². The number of unbranched alkanes of at least 4 members (excludes halogenated alkanes) is 12. The summed E-state index contributed by atoms with van der Waals surface area (Å²) >= 11 is 0. The lowest BCUT2D eigenvalue weighted by atomic mass is 9.94. The van der Waals surface area contributed by atoms with Crippen LogP contribution in [-0.4, -0.2) is 38.9 Å². The molecule has 37 heavy (non-hydrogen) atoms. The van der Waals surface area contributed by atoms with E-state index in [1.807, 2.05) is 6.07 Å². The molecular weight excluding hydrogens is 472 g/mol. The van der Waals surface area contributed by atoms with Crippen LogP contribution in [0.25, 0.3) is 11.3 Å². The summed E-state index contributed by atoms with van der Waals surface area (Å²) in [6, 6.07) is 5.26. The van der Waals surface area contributed by atoms with Crippen molar-refractivity contribution in [2.24, 2.45) is 0 Å². The average molecular weight is 515 g/mol. The zero-order valence-electron chi connectivity index (χ0n) is 22.6. The number of nitrogens with zero attached hydrogens (tertiary/aromatic N) is 2. The summed E-state index contributed by atoms with van der Waals surface area (Å²) < 4.78 is 5.89. The lowest BCUT2D eigenvalue weighted by Gasteiger charge is -2.19. The van der Waals surface area contributed by atoms with Crippen LogP contribution in [0.15, 0.2) is 23.0 Å². The van der Waals surface area contributed by atoms with Crippen molar-refractivity contribution in [3.63, 3.8) is 0 Å². The first-order valence-corrected chi connectivity index (χ1v) is 13.6. The molecule has 204 valence electrons. The minimum absolute atomic E-state index is 0.0391. The summed E-state index contributed by atoms with van der Waals surface area (Å²) in [5.41, 5.74) is -0.556. The second kappa shape index (κ2) is 15.8. The van der Waals surface area contributed by atoms with Gasteiger partial charge >= 0.3 is 17.8 Å². The molecule has 8 nitrogen and oxygen atoms in total. The van der Waals surface area contributed by atoms with Gasteiger partial charge in [-0.25, -0.2) is 14.4 Å². The van der Waals surface area contributed by atoms with Crippen LogP contribution < -0.4 is 10.4 Å². The molecule has 1 aromatic heterocycles. The molecule has 8 heteroatoms. The Balaban J connectivity index is 2.06. The van der Waals surface area contributed by atoms with Gasteiger partial charge < -0.3 is 14.9 Å². The molecule has 2 rings (SSSR count). The molecule has 2 N–H and O–H groups in total. The van der Waals surface area contributed by atoms with E-state index in [1.54, 1.807) is 12.1 Å². The highest BCUT2D eigenvalue weighted by molar-refractivity contribution is 5.99. The lowest BCUT2D eigenvalue weighted by molar-refractivity contribution is 0.0695. The second-order valence-corrected chi connectivity index (χ2v) is 9.61. The molecule has 0 saturated carbocycles. The summed E-state index contributed by atoms with van der Waals surface area (Å²) in [5, 5.41) is 19.6. The summed E-state index contributed by atoms with van der Waals surface area (Å²) in [5.74, 6) is -1.04. The van der Waals surface area contributed by atoms with Crippen molar-refractivity contribution < 1.29 is 24.5 Å². The Hall–Kier alpha value is -3.16. The van der Waals surface area contributed by atoms with Crippen LogP contribution in [0.5, 0.6) is 5.75 Å². The number of aromatic carboxylic acids is 1. The van der Waals surface area contributed by atoms with E-state index in [0.717, 1.165) is 24.8 Å². The van der Waals surface area contributed by atoms with Crippen LogP contribution in [0.1, 0.15) is 112 Å². The average Bonchev–Trinajstić information content (AvgIpc) is 2.85. The number of aromatic nitrogens is 2. The Labute approximate surface area is 219 Å². The van der Waals surface area contributed by atoms with Crippen LogP contribution in [0, 0.1) is 6.92 Å². The van der Waals surface area contributed by atoms with Crippen LogP contribution >= 0.6 is 0 Å². The zero-order chi connectivity index (χ0) is 27.2. The fraction of sp³-hybridized carbons (Fsp3) is 0.586. The number of methoxy groups -OCH3 is 1. The Bertz CT molecular complexity index is 1090. The first-order chi connectivity index (χ1) is 17.8. The molecule has 0 bridgehead atoms. The number of ether oxygens (including phenoxy) is 1. The molecule has 1 aromatic carbocycles. The predicted octanol–water partition coefficient (Wildman–Crippen LogP) is 7.09. The normalized spacial score (nSPS) is 11.0. The van der Waals surface area contributed by atoms with Gasteiger partial charge in [0.05, 0.1) is 18.5 Å². The highest BCUT2D eigenvalue weighted by Gasteiger charge is 2.28. The first kappa shape index (κ1) is 30.1. The van der Waals surface area contributed by atoms with Gasteiger partial charge in [-0.15, -0.1) is 0 Å². The molecule has 0 aliphatic rings. The summed E-state index contributed by atoms with van der Waals surface area (Å²) in [7, 11) is 1.44. The largest absolute Gasteiger partial charge is 0.496 e. The van der Waals surface area contributed by atoms with Gasteiger partial charge in [0.1, 0.15) is 11.3 Å². The molecule has 0 spiro atoms. The molecule has 0 radical (unpaired) electrons. The van der Waals surface area contributed by atoms with E-state index in [1.165, 1.54) is 78.2 Å². The molecular formula is C29H42N2O6. The molecule has 2 aromatic rings. The van der Waals surface area contributed by atoms with Gasteiger partial charge in [-0.2, -0.15) is 9.55 Å². The van der Waals surface area contributed by atoms with Crippen molar-refractivity contribution in [3.8, 4) is 17.0 Å². The predicted molar refractivity (Wildman–Crippen MR) is 145 cm³/mol. The maximum Gasteiger partial charge on any atom is 0.420 e. The number of carboxylic acids is 1. The number of hydrogen-bond donors (Lipinski definition) is 2. The molecule has 0 aliphatic carbocycles. The fourth-order valence-electron chi connectivity index (χ4n) is 4.86. The maximum atomic E-state index is 12.5. The van der Waals surface area contributed by atoms with E-state index < -0.39 is 17.8 Å². The Morgan fingerprint density at radius 3 is 1.92 bits per heavy atom. The number of rotatable bonds is 17. The van der Waals surface area contributed by atoms with Gasteiger partial charge in [-0.05, 0) is 31.4 Å². The zero-order valence-corrected chi connectivity index (χ0v) is 22.6. The molecule has 0 fully saturated rings. The highest BCUT2D eigenvalue weighted by Crippen LogP contribution is 2.36. The van der Waals surface area contributed by atoms with E-state index in [4.69, 9.17) is 4.74 Å². The maximum absolute atomic E-state index is 12.5. The third-order valence-electron chi connectivity index (χ3n) is 6.80. The van der Waals surface area contributed by atoms with Crippen molar-refractivity contribution in [3.05, 3.63) is 45.5 Å². The topological polar surface area (TPSA) is 119 Å². The minimum Gasteiger partial charge on any atom is -0.496 e.